The van der Waals surface area contributed by atoms with Gasteiger partial charge in [-0.15, -0.1) is 0 Å². The van der Waals surface area contributed by atoms with Crippen LogP contribution in [0.3, 0.4) is 0 Å². The molecule has 7 heteroatoms. The molecular weight excluding hydrogens is 350 g/mol. The zero-order valence-corrected chi connectivity index (χ0v) is 16.3. The van der Waals surface area contributed by atoms with Crippen molar-refractivity contribution >= 4 is 18.0 Å². The van der Waals surface area contributed by atoms with Crippen LogP contribution in [0.5, 0.6) is 17.2 Å². The van der Waals surface area contributed by atoms with Crippen molar-refractivity contribution in [1.82, 2.24) is 4.90 Å². The van der Waals surface area contributed by atoms with Crippen molar-refractivity contribution < 1.29 is 28.5 Å². The number of benzene rings is 1. The molecule has 27 heavy (non-hydrogen) atoms. The summed E-state index contributed by atoms with van der Waals surface area (Å²) >= 11 is 0. The molecule has 1 fully saturated rings. The maximum absolute atomic E-state index is 12.5. The molecule has 0 spiro atoms. The first-order chi connectivity index (χ1) is 13.0. The lowest BCUT2D eigenvalue weighted by Gasteiger charge is -2.30. The molecule has 1 aliphatic rings. The van der Waals surface area contributed by atoms with E-state index in [1.165, 1.54) is 13.2 Å². The van der Waals surface area contributed by atoms with E-state index in [2.05, 4.69) is 0 Å². The molecule has 0 N–H and O–H groups in total. The molecule has 1 aromatic rings. The fraction of sp³-hybridized carbons (Fsp3) is 0.500. The number of ether oxygens (including phenoxy) is 4. The molecule has 0 unspecified atom stereocenters. The number of esters is 1. The van der Waals surface area contributed by atoms with E-state index in [4.69, 9.17) is 18.9 Å². The Hall–Kier alpha value is -2.70. The van der Waals surface area contributed by atoms with E-state index in [0.717, 1.165) is 18.4 Å². The number of nitrogens with zero attached hydrogens (tertiary/aromatic N) is 1. The summed E-state index contributed by atoms with van der Waals surface area (Å²) in [5, 5.41) is 0. The number of piperidine rings is 1. The summed E-state index contributed by atoms with van der Waals surface area (Å²) in [6.07, 6.45) is 4.72. The van der Waals surface area contributed by atoms with Crippen LogP contribution in [-0.2, 0) is 14.3 Å². The minimum absolute atomic E-state index is 0.141. The molecule has 0 radical (unpaired) electrons. The number of hydrogen-bond acceptors (Lipinski definition) is 6. The zero-order valence-electron chi connectivity index (χ0n) is 16.3. The summed E-state index contributed by atoms with van der Waals surface area (Å²) in [7, 11) is 4.62. The number of carbonyl (C=O) groups is 2. The topological polar surface area (TPSA) is 74.3 Å². The minimum atomic E-state index is -0.253. The van der Waals surface area contributed by atoms with Crippen molar-refractivity contribution in [3.63, 3.8) is 0 Å². The first kappa shape index (κ1) is 20.6. The Labute approximate surface area is 159 Å². The van der Waals surface area contributed by atoms with Gasteiger partial charge in [-0.05, 0) is 43.5 Å². The molecule has 1 aromatic carbocycles. The maximum atomic E-state index is 12.5. The highest BCUT2D eigenvalue weighted by molar-refractivity contribution is 5.92. The Kier molecular flexibility index (Phi) is 7.52. The summed E-state index contributed by atoms with van der Waals surface area (Å²) < 4.78 is 21.0. The number of hydrogen-bond donors (Lipinski definition) is 0. The molecule has 0 saturated carbocycles. The second-order valence-electron chi connectivity index (χ2n) is 6.17. The summed E-state index contributed by atoms with van der Waals surface area (Å²) in [6, 6.07) is 3.53. The predicted octanol–water partition coefficient (Wildman–Crippen LogP) is 2.53. The third-order valence-electron chi connectivity index (χ3n) is 4.46. The van der Waals surface area contributed by atoms with E-state index in [0.29, 0.717) is 36.9 Å². The second-order valence-corrected chi connectivity index (χ2v) is 6.17. The first-order valence-electron chi connectivity index (χ1n) is 8.97. The number of likely N-dealkylation sites (tertiary alicyclic amines) is 1. The predicted molar refractivity (Wildman–Crippen MR) is 101 cm³/mol. The molecule has 148 valence electrons. The summed E-state index contributed by atoms with van der Waals surface area (Å²) in [5.74, 6) is 0.906. The van der Waals surface area contributed by atoms with Crippen molar-refractivity contribution in [2.24, 2.45) is 5.92 Å². The van der Waals surface area contributed by atoms with Gasteiger partial charge in [-0.1, -0.05) is 0 Å². The summed E-state index contributed by atoms with van der Waals surface area (Å²) in [5.41, 5.74) is 0.747. The standard InChI is InChI=1S/C20H27NO6/c1-5-27-20(23)15-7-6-10-21(13-15)18(22)9-8-14-11-16(24-2)19(26-4)17(12-14)25-3/h8-9,11-12,15H,5-7,10,13H2,1-4H3/b9-8+/t15-/m0/s1. The van der Waals surface area contributed by atoms with E-state index in [-0.39, 0.29) is 17.8 Å². The van der Waals surface area contributed by atoms with E-state index in [1.54, 1.807) is 44.3 Å². The van der Waals surface area contributed by atoms with Crippen molar-refractivity contribution in [1.29, 1.82) is 0 Å². The van der Waals surface area contributed by atoms with E-state index < -0.39 is 0 Å². The Balaban J connectivity index is 2.10. The molecule has 1 aliphatic heterocycles. The lowest BCUT2D eigenvalue weighted by Crippen LogP contribution is -2.42. The Morgan fingerprint density at radius 1 is 1.15 bits per heavy atom. The second kappa shape index (κ2) is 9.85. The third kappa shape index (κ3) is 5.15. The fourth-order valence-corrected chi connectivity index (χ4v) is 3.10. The van der Waals surface area contributed by atoms with Crippen molar-refractivity contribution in [2.75, 3.05) is 41.0 Å². The molecular formula is C20H27NO6. The van der Waals surface area contributed by atoms with Crippen molar-refractivity contribution in [3.8, 4) is 17.2 Å². The third-order valence-corrected chi connectivity index (χ3v) is 4.46. The zero-order chi connectivity index (χ0) is 19.8. The quantitative estimate of drug-likeness (QED) is 0.537. The van der Waals surface area contributed by atoms with Crippen LogP contribution >= 0.6 is 0 Å². The lowest BCUT2D eigenvalue weighted by molar-refractivity contribution is -0.150. The Morgan fingerprint density at radius 3 is 2.37 bits per heavy atom. The molecule has 1 amide bonds. The van der Waals surface area contributed by atoms with Gasteiger partial charge in [0.1, 0.15) is 0 Å². The van der Waals surface area contributed by atoms with Gasteiger partial charge in [-0.2, -0.15) is 0 Å². The summed E-state index contributed by atoms with van der Waals surface area (Å²) in [4.78, 5) is 26.1. The highest BCUT2D eigenvalue weighted by Crippen LogP contribution is 2.38. The Morgan fingerprint density at radius 2 is 1.81 bits per heavy atom. The van der Waals surface area contributed by atoms with Crippen LogP contribution in [0.4, 0.5) is 0 Å². The van der Waals surface area contributed by atoms with Gasteiger partial charge >= 0.3 is 5.97 Å². The van der Waals surface area contributed by atoms with Crippen LogP contribution in [0.25, 0.3) is 6.08 Å². The number of methoxy groups -OCH3 is 3. The Bertz CT molecular complexity index is 675. The van der Waals surface area contributed by atoms with E-state index in [1.807, 2.05) is 0 Å². The minimum Gasteiger partial charge on any atom is -0.493 e. The lowest BCUT2D eigenvalue weighted by atomic mass is 9.98. The average Bonchev–Trinajstić information content (AvgIpc) is 2.71. The average molecular weight is 377 g/mol. The number of rotatable bonds is 7. The van der Waals surface area contributed by atoms with Crippen molar-refractivity contribution in [3.05, 3.63) is 23.8 Å². The highest BCUT2D eigenvalue weighted by atomic mass is 16.5. The van der Waals surface area contributed by atoms with E-state index in [9.17, 15) is 9.59 Å². The van der Waals surface area contributed by atoms with Crippen LogP contribution in [0.1, 0.15) is 25.3 Å². The monoisotopic (exact) mass is 377 g/mol. The van der Waals surface area contributed by atoms with Gasteiger partial charge in [0.05, 0.1) is 33.9 Å². The van der Waals surface area contributed by atoms with E-state index >= 15 is 0 Å². The maximum Gasteiger partial charge on any atom is 0.310 e. The van der Waals surface area contributed by atoms with Gasteiger partial charge in [0.15, 0.2) is 11.5 Å². The highest BCUT2D eigenvalue weighted by Gasteiger charge is 2.28. The number of amides is 1. The molecule has 1 saturated heterocycles. The van der Waals surface area contributed by atoms with Crippen LogP contribution < -0.4 is 14.2 Å². The summed E-state index contributed by atoms with van der Waals surface area (Å²) in [6.45, 7) is 3.15. The van der Waals surface area contributed by atoms with Gasteiger partial charge in [0.2, 0.25) is 11.7 Å². The normalized spacial score (nSPS) is 16.9. The van der Waals surface area contributed by atoms with Crippen LogP contribution in [0.15, 0.2) is 18.2 Å². The molecule has 0 bridgehead atoms. The molecule has 0 aliphatic carbocycles. The van der Waals surface area contributed by atoms with Gasteiger partial charge in [-0.3, -0.25) is 9.59 Å². The largest absolute Gasteiger partial charge is 0.493 e. The van der Waals surface area contributed by atoms with Gasteiger partial charge in [0.25, 0.3) is 0 Å². The molecule has 2 rings (SSSR count). The SMILES string of the molecule is CCOC(=O)[C@H]1CCCN(C(=O)/C=C/c2cc(OC)c(OC)c(OC)c2)C1. The van der Waals surface area contributed by atoms with Crippen LogP contribution in [0.2, 0.25) is 0 Å². The molecule has 7 nitrogen and oxygen atoms in total. The number of carbonyl (C=O) groups excluding carboxylic acids is 2. The van der Waals surface area contributed by atoms with Crippen LogP contribution in [0, 0.1) is 5.92 Å². The smallest absolute Gasteiger partial charge is 0.310 e. The molecule has 0 aromatic heterocycles. The van der Waals surface area contributed by atoms with Crippen molar-refractivity contribution in [2.45, 2.75) is 19.8 Å². The van der Waals surface area contributed by atoms with Crippen LogP contribution in [-0.4, -0.2) is 57.8 Å². The molecule has 1 atom stereocenters. The molecule has 1 heterocycles. The van der Waals surface area contributed by atoms with Gasteiger partial charge in [0, 0.05) is 19.2 Å². The van der Waals surface area contributed by atoms with Gasteiger partial charge in [-0.25, -0.2) is 0 Å². The van der Waals surface area contributed by atoms with Gasteiger partial charge < -0.3 is 23.8 Å². The first-order valence-corrected chi connectivity index (χ1v) is 8.97. The fourth-order valence-electron chi connectivity index (χ4n) is 3.10.